The highest BCUT2D eigenvalue weighted by atomic mass is 35.5. The van der Waals surface area contributed by atoms with Gasteiger partial charge in [-0.1, -0.05) is 19.0 Å². The van der Waals surface area contributed by atoms with Crippen LogP contribution in [0.3, 0.4) is 0 Å². The normalized spacial score (nSPS) is 15.4. The molecule has 1 aliphatic heterocycles. The molecule has 2 heterocycles. The Morgan fingerprint density at radius 3 is 2.74 bits per heavy atom. The minimum atomic E-state index is -0.162. The van der Waals surface area contributed by atoms with E-state index >= 15 is 0 Å². The van der Waals surface area contributed by atoms with Gasteiger partial charge in [0.1, 0.15) is 0 Å². The number of aromatic nitrogens is 1. The summed E-state index contributed by atoms with van der Waals surface area (Å²) in [5.74, 6) is 0.534. The van der Waals surface area contributed by atoms with Crippen molar-refractivity contribution in [1.82, 2.24) is 20.7 Å². The summed E-state index contributed by atoms with van der Waals surface area (Å²) in [7, 11) is 0. The third-order valence-electron chi connectivity index (χ3n) is 4.30. The lowest BCUT2D eigenvalue weighted by Gasteiger charge is -2.26. The first-order chi connectivity index (χ1) is 10.7. The highest BCUT2D eigenvalue weighted by molar-refractivity contribution is 5.91. The van der Waals surface area contributed by atoms with Crippen molar-refractivity contribution < 1.29 is 9.32 Å². The molecule has 1 aromatic rings. The van der Waals surface area contributed by atoms with Gasteiger partial charge in [-0.3, -0.25) is 4.79 Å². The summed E-state index contributed by atoms with van der Waals surface area (Å²) in [5, 5.41) is 10.3. The third kappa shape index (κ3) is 6.12. The van der Waals surface area contributed by atoms with Gasteiger partial charge in [0.25, 0.3) is 5.91 Å². The van der Waals surface area contributed by atoms with Crippen LogP contribution in [0.2, 0.25) is 0 Å². The third-order valence-corrected chi connectivity index (χ3v) is 4.30. The van der Waals surface area contributed by atoms with Gasteiger partial charge in [0.2, 0.25) is 5.76 Å². The summed E-state index contributed by atoms with van der Waals surface area (Å²) in [6.45, 7) is 10.2. The second-order valence-corrected chi connectivity index (χ2v) is 5.83. The molecule has 0 atom stereocenters. The van der Waals surface area contributed by atoms with Crippen molar-refractivity contribution in [2.75, 3.05) is 39.3 Å². The summed E-state index contributed by atoms with van der Waals surface area (Å²) in [6.07, 6.45) is 2.98. The minimum Gasteiger partial charge on any atom is -0.351 e. The van der Waals surface area contributed by atoms with Crippen LogP contribution in [-0.4, -0.2) is 55.2 Å². The predicted octanol–water partition coefficient (Wildman–Crippen LogP) is 2.03. The Hall–Kier alpha value is -1.11. The van der Waals surface area contributed by atoms with Crippen LogP contribution in [0, 0.1) is 0 Å². The van der Waals surface area contributed by atoms with Gasteiger partial charge in [-0.2, -0.15) is 0 Å². The zero-order valence-corrected chi connectivity index (χ0v) is 15.0. The fourth-order valence-electron chi connectivity index (χ4n) is 2.82. The summed E-state index contributed by atoms with van der Waals surface area (Å²) >= 11 is 0. The highest BCUT2D eigenvalue weighted by Gasteiger charge is 2.17. The molecular formula is C16H29ClN4O2. The number of nitrogens with zero attached hydrogens (tertiary/aromatic N) is 2. The van der Waals surface area contributed by atoms with Crippen LogP contribution in [0.1, 0.15) is 55.3 Å². The quantitative estimate of drug-likeness (QED) is 0.706. The van der Waals surface area contributed by atoms with Crippen molar-refractivity contribution in [1.29, 1.82) is 0 Å². The SMILES string of the molecule is CCC(CC)c1cc(C(=O)NCCCN2CCNCC2)on1.Cl. The smallest absolute Gasteiger partial charge is 0.289 e. The highest BCUT2D eigenvalue weighted by Crippen LogP contribution is 2.22. The maximum absolute atomic E-state index is 12.0. The second kappa shape index (κ2) is 10.6. The molecule has 1 aliphatic rings. The van der Waals surface area contributed by atoms with Crippen molar-refractivity contribution in [2.24, 2.45) is 0 Å². The second-order valence-electron chi connectivity index (χ2n) is 5.83. The van der Waals surface area contributed by atoms with E-state index in [9.17, 15) is 4.79 Å². The van der Waals surface area contributed by atoms with Crippen molar-refractivity contribution in [3.05, 3.63) is 17.5 Å². The summed E-state index contributed by atoms with van der Waals surface area (Å²) in [5.41, 5.74) is 0.885. The largest absolute Gasteiger partial charge is 0.351 e. The van der Waals surface area contributed by atoms with E-state index in [1.54, 1.807) is 6.07 Å². The van der Waals surface area contributed by atoms with Crippen LogP contribution < -0.4 is 10.6 Å². The van der Waals surface area contributed by atoms with Gasteiger partial charge in [0.15, 0.2) is 0 Å². The molecule has 132 valence electrons. The number of nitrogens with one attached hydrogen (secondary N) is 2. The zero-order valence-electron chi connectivity index (χ0n) is 14.1. The van der Waals surface area contributed by atoms with Gasteiger partial charge in [-0.15, -0.1) is 12.4 Å². The maximum atomic E-state index is 12.0. The Balaban J connectivity index is 0.00000264. The Morgan fingerprint density at radius 1 is 1.39 bits per heavy atom. The number of rotatable bonds is 8. The van der Waals surface area contributed by atoms with E-state index in [1.807, 2.05) is 0 Å². The zero-order chi connectivity index (χ0) is 15.8. The Morgan fingerprint density at radius 2 is 2.09 bits per heavy atom. The number of hydrogen-bond acceptors (Lipinski definition) is 5. The predicted molar refractivity (Wildman–Crippen MR) is 93.3 cm³/mol. The fraction of sp³-hybridized carbons (Fsp3) is 0.750. The van der Waals surface area contributed by atoms with Crippen LogP contribution in [0.5, 0.6) is 0 Å². The number of carbonyl (C=O) groups is 1. The molecule has 6 nitrogen and oxygen atoms in total. The van der Waals surface area contributed by atoms with Crippen molar-refractivity contribution in [2.45, 2.75) is 39.0 Å². The summed E-state index contributed by atoms with van der Waals surface area (Å²) < 4.78 is 5.18. The first-order valence-corrected chi connectivity index (χ1v) is 8.42. The van der Waals surface area contributed by atoms with E-state index in [1.165, 1.54) is 0 Å². The standard InChI is InChI=1S/C16H28N4O2.ClH/c1-3-13(4-2)14-12-15(22-19-14)16(21)18-6-5-9-20-10-7-17-8-11-20;/h12-13,17H,3-11H2,1-2H3,(H,18,21);1H. The Bertz CT molecular complexity index is 457. The maximum Gasteiger partial charge on any atom is 0.289 e. The monoisotopic (exact) mass is 344 g/mol. The van der Waals surface area contributed by atoms with Crippen LogP contribution >= 0.6 is 12.4 Å². The lowest BCUT2D eigenvalue weighted by molar-refractivity contribution is 0.0914. The van der Waals surface area contributed by atoms with Crippen LogP contribution in [0.15, 0.2) is 10.6 Å². The molecule has 0 aliphatic carbocycles. The summed E-state index contributed by atoms with van der Waals surface area (Å²) in [4.78, 5) is 14.5. The average molecular weight is 345 g/mol. The molecule has 0 radical (unpaired) electrons. The van der Waals surface area contributed by atoms with E-state index in [-0.39, 0.29) is 18.3 Å². The van der Waals surface area contributed by atoms with E-state index in [0.29, 0.717) is 18.2 Å². The van der Waals surface area contributed by atoms with Gasteiger partial charge >= 0.3 is 0 Å². The Labute approximate surface area is 144 Å². The molecule has 23 heavy (non-hydrogen) atoms. The molecule has 2 N–H and O–H groups in total. The molecule has 1 fully saturated rings. The fourth-order valence-corrected chi connectivity index (χ4v) is 2.82. The van der Waals surface area contributed by atoms with E-state index in [4.69, 9.17) is 4.52 Å². The molecule has 1 amide bonds. The van der Waals surface area contributed by atoms with Gasteiger partial charge in [-0.05, 0) is 25.8 Å². The minimum absolute atomic E-state index is 0. The van der Waals surface area contributed by atoms with E-state index in [0.717, 1.165) is 57.7 Å². The molecule has 0 unspecified atom stereocenters. The van der Waals surface area contributed by atoms with E-state index < -0.39 is 0 Å². The number of amides is 1. The molecule has 0 aromatic carbocycles. The van der Waals surface area contributed by atoms with E-state index in [2.05, 4.69) is 34.5 Å². The molecule has 1 aromatic heterocycles. The van der Waals surface area contributed by atoms with Crippen molar-refractivity contribution in [3.8, 4) is 0 Å². The van der Waals surface area contributed by atoms with Crippen LogP contribution in [-0.2, 0) is 0 Å². The van der Waals surface area contributed by atoms with Crippen LogP contribution in [0.25, 0.3) is 0 Å². The lowest BCUT2D eigenvalue weighted by atomic mass is 9.99. The van der Waals surface area contributed by atoms with Gasteiger partial charge in [-0.25, -0.2) is 0 Å². The van der Waals surface area contributed by atoms with Gasteiger partial charge in [0.05, 0.1) is 5.69 Å². The first kappa shape index (κ1) is 19.9. The molecule has 7 heteroatoms. The lowest BCUT2D eigenvalue weighted by Crippen LogP contribution is -2.44. The molecule has 0 spiro atoms. The molecule has 2 rings (SSSR count). The molecule has 0 saturated carbocycles. The molecule has 0 bridgehead atoms. The van der Waals surface area contributed by atoms with Crippen molar-refractivity contribution >= 4 is 18.3 Å². The number of hydrogen-bond donors (Lipinski definition) is 2. The van der Waals surface area contributed by atoms with Gasteiger partial charge in [0, 0.05) is 44.7 Å². The topological polar surface area (TPSA) is 70.4 Å². The number of halogens is 1. The average Bonchev–Trinajstić information content (AvgIpc) is 3.03. The number of piperazine rings is 1. The molecular weight excluding hydrogens is 316 g/mol. The van der Waals surface area contributed by atoms with Crippen LogP contribution in [0.4, 0.5) is 0 Å². The molecule has 1 saturated heterocycles. The Kier molecular flexibility index (Phi) is 9.21. The van der Waals surface area contributed by atoms with Crippen molar-refractivity contribution in [3.63, 3.8) is 0 Å². The summed E-state index contributed by atoms with van der Waals surface area (Å²) in [6, 6.07) is 1.78. The number of carbonyl (C=O) groups excluding carboxylic acids is 1. The van der Waals surface area contributed by atoms with Gasteiger partial charge < -0.3 is 20.1 Å². The first-order valence-electron chi connectivity index (χ1n) is 8.42.